The number of ether oxygens (including phenoxy) is 1. The summed E-state index contributed by atoms with van der Waals surface area (Å²) in [5.41, 5.74) is 3.07. The first-order valence-corrected chi connectivity index (χ1v) is 6.90. The molecule has 0 unspecified atom stereocenters. The van der Waals surface area contributed by atoms with Gasteiger partial charge in [0.25, 0.3) is 5.89 Å². The lowest BCUT2D eigenvalue weighted by atomic mass is 10.1. The number of nitrogens with zero attached hydrogens (tertiary/aromatic N) is 2. The van der Waals surface area contributed by atoms with Crippen molar-refractivity contribution in [2.24, 2.45) is 0 Å². The van der Waals surface area contributed by atoms with Crippen LogP contribution in [-0.2, 0) is 6.61 Å². The quantitative estimate of drug-likeness (QED) is 0.728. The van der Waals surface area contributed by atoms with E-state index in [1.165, 1.54) is 17.7 Å². The average Bonchev–Trinajstić information content (AvgIpc) is 2.98. The standard InChI is InChI=1S/C17H15FN2O2/c1-11-3-8-15(9-12(11)2)21-10-16-19-17(20-22-16)13-4-6-14(18)7-5-13/h3-9H,10H2,1-2H3. The molecule has 0 amide bonds. The fourth-order valence-corrected chi connectivity index (χ4v) is 1.98. The molecule has 0 radical (unpaired) electrons. The number of halogens is 1. The molecular formula is C17H15FN2O2. The predicted molar refractivity (Wildman–Crippen MR) is 79.9 cm³/mol. The average molecular weight is 298 g/mol. The lowest BCUT2D eigenvalue weighted by molar-refractivity contribution is 0.243. The molecule has 0 aliphatic heterocycles. The molecule has 3 rings (SSSR count). The fraction of sp³-hybridized carbons (Fsp3) is 0.176. The Labute approximate surface area is 127 Å². The van der Waals surface area contributed by atoms with Crippen LogP contribution in [-0.4, -0.2) is 10.1 Å². The van der Waals surface area contributed by atoms with Gasteiger partial charge in [-0.25, -0.2) is 4.39 Å². The van der Waals surface area contributed by atoms with Crippen LogP contribution in [0.15, 0.2) is 47.0 Å². The molecule has 0 aliphatic carbocycles. The topological polar surface area (TPSA) is 48.2 Å². The van der Waals surface area contributed by atoms with Crippen LogP contribution in [0.2, 0.25) is 0 Å². The third-order valence-electron chi connectivity index (χ3n) is 3.41. The zero-order valence-electron chi connectivity index (χ0n) is 12.3. The van der Waals surface area contributed by atoms with Crippen molar-refractivity contribution in [2.75, 3.05) is 0 Å². The predicted octanol–water partition coefficient (Wildman–Crippen LogP) is 4.07. The van der Waals surface area contributed by atoms with Crippen LogP contribution >= 0.6 is 0 Å². The number of hydrogen-bond donors (Lipinski definition) is 0. The Morgan fingerprint density at radius 2 is 1.82 bits per heavy atom. The summed E-state index contributed by atoms with van der Waals surface area (Å²) in [4.78, 5) is 4.24. The summed E-state index contributed by atoms with van der Waals surface area (Å²) < 4.78 is 23.7. The van der Waals surface area contributed by atoms with Crippen LogP contribution in [0.4, 0.5) is 4.39 Å². The van der Waals surface area contributed by atoms with Crippen molar-refractivity contribution in [2.45, 2.75) is 20.5 Å². The zero-order chi connectivity index (χ0) is 15.5. The summed E-state index contributed by atoms with van der Waals surface area (Å²) in [5.74, 6) is 1.24. The molecule has 0 spiro atoms. The molecule has 0 fully saturated rings. The Hall–Kier alpha value is -2.69. The summed E-state index contributed by atoms with van der Waals surface area (Å²) in [5, 5.41) is 3.87. The molecule has 0 atom stereocenters. The van der Waals surface area contributed by atoms with Gasteiger partial charge < -0.3 is 9.26 Å². The first kappa shape index (κ1) is 14.3. The lowest BCUT2D eigenvalue weighted by Gasteiger charge is -2.05. The van der Waals surface area contributed by atoms with Crippen LogP contribution in [0, 0.1) is 19.7 Å². The van der Waals surface area contributed by atoms with Gasteiger partial charge >= 0.3 is 0 Å². The number of hydrogen-bond acceptors (Lipinski definition) is 4. The normalized spacial score (nSPS) is 10.7. The van der Waals surface area contributed by atoms with Gasteiger partial charge in [-0.15, -0.1) is 0 Å². The molecule has 1 heterocycles. The van der Waals surface area contributed by atoms with Crippen molar-refractivity contribution in [1.82, 2.24) is 10.1 Å². The van der Waals surface area contributed by atoms with Gasteiger partial charge in [-0.2, -0.15) is 4.98 Å². The summed E-state index contributed by atoms with van der Waals surface area (Å²) in [6.07, 6.45) is 0. The molecule has 0 N–H and O–H groups in total. The van der Waals surface area contributed by atoms with E-state index < -0.39 is 0 Å². The highest BCUT2D eigenvalue weighted by atomic mass is 19.1. The Morgan fingerprint density at radius 1 is 1.05 bits per heavy atom. The van der Waals surface area contributed by atoms with Gasteiger partial charge in [0, 0.05) is 5.56 Å². The van der Waals surface area contributed by atoms with Crippen LogP contribution in [0.5, 0.6) is 5.75 Å². The van der Waals surface area contributed by atoms with Crippen LogP contribution < -0.4 is 4.74 Å². The van der Waals surface area contributed by atoms with E-state index in [4.69, 9.17) is 9.26 Å². The third-order valence-corrected chi connectivity index (χ3v) is 3.41. The van der Waals surface area contributed by atoms with E-state index in [9.17, 15) is 4.39 Å². The van der Waals surface area contributed by atoms with Crippen molar-refractivity contribution in [3.63, 3.8) is 0 Å². The van der Waals surface area contributed by atoms with Crippen LogP contribution in [0.25, 0.3) is 11.4 Å². The Bertz CT molecular complexity index is 782. The maximum atomic E-state index is 12.9. The highest BCUT2D eigenvalue weighted by Crippen LogP contribution is 2.19. The molecule has 5 heteroatoms. The smallest absolute Gasteiger partial charge is 0.264 e. The van der Waals surface area contributed by atoms with Crippen LogP contribution in [0.3, 0.4) is 0 Å². The molecule has 0 saturated carbocycles. The van der Waals surface area contributed by atoms with Crippen molar-refractivity contribution in [3.05, 3.63) is 65.3 Å². The summed E-state index contributed by atoms with van der Waals surface area (Å²) in [6, 6.07) is 11.8. The van der Waals surface area contributed by atoms with Crippen molar-refractivity contribution in [1.29, 1.82) is 0 Å². The van der Waals surface area contributed by atoms with Gasteiger partial charge in [0.15, 0.2) is 6.61 Å². The largest absolute Gasteiger partial charge is 0.484 e. The van der Waals surface area contributed by atoms with Crippen molar-refractivity contribution < 1.29 is 13.7 Å². The van der Waals surface area contributed by atoms with Gasteiger partial charge in [-0.05, 0) is 61.4 Å². The van der Waals surface area contributed by atoms with Gasteiger partial charge in [0.2, 0.25) is 5.82 Å². The maximum absolute atomic E-state index is 12.9. The van der Waals surface area contributed by atoms with E-state index in [-0.39, 0.29) is 12.4 Å². The Kier molecular flexibility index (Phi) is 3.87. The number of aryl methyl sites for hydroxylation is 2. The molecule has 4 nitrogen and oxygen atoms in total. The van der Waals surface area contributed by atoms with Crippen molar-refractivity contribution >= 4 is 0 Å². The van der Waals surface area contributed by atoms with Crippen molar-refractivity contribution in [3.8, 4) is 17.1 Å². The Morgan fingerprint density at radius 3 is 2.55 bits per heavy atom. The third kappa shape index (κ3) is 3.14. The second-order valence-corrected chi connectivity index (χ2v) is 5.05. The molecule has 2 aromatic carbocycles. The molecular weight excluding hydrogens is 283 g/mol. The number of aromatic nitrogens is 2. The number of benzene rings is 2. The Balaban J connectivity index is 1.69. The molecule has 3 aromatic rings. The second kappa shape index (κ2) is 5.97. The van der Waals surface area contributed by atoms with Gasteiger partial charge in [0.1, 0.15) is 11.6 Å². The minimum atomic E-state index is -0.300. The highest BCUT2D eigenvalue weighted by molar-refractivity contribution is 5.53. The first-order chi connectivity index (χ1) is 10.6. The van der Waals surface area contributed by atoms with E-state index in [2.05, 4.69) is 10.1 Å². The summed E-state index contributed by atoms with van der Waals surface area (Å²) >= 11 is 0. The molecule has 1 aromatic heterocycles. The SMILES string of the molecule is Cc1ccc(OCc2nc(-c3ccc(F)cc3)no2)cc1C. The first-order valence-electron chi connectivity index (χ1n) is 6.90. The maximum Gasteiger partial charge on any atom is 0.264 e. The molecule has 0 bridgehead atoms. The molecule has 22 heavy (non-hydrogen) atoms. The van der Waals surface area contributed by atoms with E-state index in [0.717, 1.165) is 11.3 Å². The van der Waals surface area contributed by atoms with Crippen LogP contribution in [0.1, 0.15) is 17.0 Å². The van der Waals surface area contributed by atoms with E-state index >= 15 is 0 Å². The summed E-state index contributed by atoms with van der Waals surface area (Å²) in [6.45, 7) is 4.27. The van der Waals surface area contributed by atoms with Gasteiger partial charge in [-0.1, -0.05) is 11.2 Å². The lowest BCUT2D eigenvalue weighted by Crippen LogP contribution is -1.96. The monoisotopic (exact) mass is 298 g/mol. The van der Waals surface area contributed by atoms with E-state index in [1.54, 1.807) is 12.1 Å². The van der Waals surface area contributed by atoms with Gasteiger partial charge in [-0.3, -0.25) is 0 Å². The van der Waals surface area contributed by atoms with Gasteiger partial charge in [0.05, 0.1) is 0 Å². The minimum Gasteiger partial charge on any atom is -0.484 e. The zero-order valence-corrected chi connectivity index (χ0v) is 12.3. The fourth-order valence-electron chi connectivity index (χ4n) is 1.98. The molecule has 0 saturated heterocycles. The molecule has 0 aliphatic rings. The summed E-state index contributed by atoms with van der Waals surface area (Å²) in [7, 11) is 0. The minimum absolute atomic E-state index is 0.191. The van der Waals surface area contributed by atoms with E-state index in [0.29, 0.717) is 17.3 Å². The second-order valence-electron chi connectivity index (χ2n) is 5.05. The molecule has 112 valence electrons. The highest BCUT2D eigenvalue weighted by Gasteiger charge is 2.09. The van der Waals surface area contributed by atoms with E-state index in [1.807, 2.05) is 32.0 Å². The number of rotatable bonds is 4.